The van der Waals surface area contributed by atoms with Gasteiger partial charge < -0.3 is 15.4 Å². The summed E-state index contributed by atoms with van der Waals surface area (Å²) in [6, 6.07) is 8.27. The van der Waals surface area contributed by atoms with Crippen molar-refractivity contribution in [2.24, 2.45) is 10.9 Å². The normalized spacial score (nSPS) is 11.8. The Bertz CT molecular complexity index is 712. The molecule has 28 heavy (non-hydrogen) atoms. The second kappa shape index (κ2) is 12.1. The van der Waals surface area contributed by atoms with Crippen LogP contribution in [0.25, 0.3) is 5.69 Å². The fourth-order valence-corrected chi connectivity index (χ4v) is 2.56. The number of hydrogen-bond acceptors (Lipinski definition) is 3. The van der Waals surface area contributed by atoms with E-state index in [0.717, 1.165) is 63.0 Å². The molecule has 0 aliphatic rings. The topological polar surface area (TPSA) is 63.5 Å². The van der Waals surface area contributed by atoms with Crippen LogP contribution in [0.5, 0.6) is 0 Å². The molecule has 0 fully saturated rings. The average molecular weight is 390 g/mol. The summed E-state index contributed by atoms with van der Waals surface area (Å²) in [5, 5.41) is 11.1. The number of ether oxygens (including phenoxy) is 1. The monoisotopic (exact) mass is 389 g/mol. The Kier molecular flexibility index (Phi) is 9.48. The van der Waals surface area contributed by atoms with Gasteiger partial charge in [-0.1, -0.05) is 13.8 Å². The molecule has 2 aromatic rings. The first-order valence-corrected chi connectivity index (χ1v) is 9.99. The third-order valence-corrected chi connectivity index (χ3v) is 3.92. The van der Waals surface area contributed by atoms with Crippen LogP contribution in [0.15, 0.2) is 41.5 Å². The molecule has 1 aromatic carbocycles. The summed E-state index contributed by atoms with van der Waals surface area (Å²) in [6.07, 6.45) is 3.57. The van der Waals surface area contributed by atoms with Crippen LogP contribution < -0.4 is 10.6 Å². The summed E-state index contributed by atoms with van der Waals surface area (Å²) in [7, 11) is 0. The smallest absolute Gasteiger partial charge is 0.191 e. The number of aromatic nitrogens is 2. The first kappa shape index (κ1) is 21.9. The molecule has 1 aromatic heterocycles. The van der Waals surface area contributed by atoms with Crippen LogP contribution >= 0.6 is 0 Å². The fraction of sp³-hybridized carbons (Fsp3) is 0.524. The lowest BCUT2D eigenvalue weighted by atomic mass is 10.2. The van der Waals surface area contributed by atoms with Gasteiger partial charge in [0.15, 0.2) is 5.96 Å². The summed E-state index contributed by atoms with van der Waals surface area (Å²) in [6.45, 7) is 10.2. The van der Waals surface area contributed by atoms with E-state index in [4.69, 9.17) is 4.74 Å². The zero-order valence-corrected chi connectivity index (χ0v) is 17.1. The van der Waals surface area contributed by atoms with Gasteiger partial charge >= 0.3 is 0 Å². The number of nitrogens with zero attached hydrogens (tertiary/aromatic N) is 3. The van der Waals surface area contributed by atoms with E-state index in [1.165, 1.54) is 12.1 Å². The SMILES string of the molecule is CCNC(=NCCCOCC(C)C)NCCc1ccn(-c2ccc(F)cc2)n1. The number of guanidine groups is 1. The Morgan fingerprint density at radius 1 is 1.21 bits per heavy atom. The van der Waals surface area contributed by atoms with Crippen LogP contribution in [0.2, 0.25) is 0 Å². The van der Waals surface area contributed by atoms with Crippen molar-refractivity contribution in [3.63, 3.8) is 0 Å². The van der Waals surface area contributed by atoms with Gasteiger partial charge in [-0.2, -0.15) is 5.10 Å². The molecule has 0 spiro atoms. The third-order valence-electron chi connectivity index (χ3n) is 3.92. The van der Waals surface area contributed by atoms with Gasteiger partial charge in [-0.3, -0.25) is 4.99 Å². The highest BCUT2D eigenvalue weighted by Gasteiger charge is 2.03. The van der Waals surface area contributed by atoms with Crippen molar-refractivity contribution in [3.8, 4) is 5.69 Å². The second-order valence-electron chi connectivity index (χ2n) is 6.99. The maximum atomic E-state index is 13.0. The van der Waals surface area contributed by atoms with Gasteiger partial charge in [-0.05, 0) is 49.6 Å². The Morgan fingerprint density at radius 2 is 2.00 bits per heavy atom. The summed E-state index contributed by atoms with van der Waals surface area (Å²) in [5.74, 6) is 1.13. The zero-order chi connectivity index (χ0) is 20.2. The molecule has 7 heteroatoms. The number of benzene rings is 1. The van der Waals surface area contributed by atoms with Crippen LogP contribution in [-0.4, -0.2) is 48.6 Å². The van der Waals surface area contributed by atoms with Crippen LogP contribution in [0, 0.1) is 11.7 Å². The lowest BCUT2D eigenvalue weighted by Crippen LogP contribution is -2.38. The van der Waals surface area contributed by atoms with E-state index < -0.39 is 0 Å². The predicted molar refractivity (Wildman–Crippen MR) is 111 cm³/mol. The minimum Gasteiger partial charge on any atom is -0.381 e. The van der Waals surface area contributed by atoms with Gasteiger partial charge in [0.05, 0.1) is 11.4 Å². The molecule has 2 N–H and O–H groups in total. The van der Waals surface area contributed by atoms with Crippen molar-refractivity contribution in [1.29, 1.82) is 0 Å². The van der Waals surface area contributed by atoms with Crippen molar-refractivity contribution in [1.82, 2.24) is 20.4 Å². The van der Waals surface area contributed by atoms with E-state index in [9.17, 15) is 4.39 Å². The first-order chi connectivity index (χ1) is 13.6. The molecule has 6 nitrogen and oxygen atoms in total. The Hall–Kier alpha value is -2.41. The summed E-state index contributed by atoms with van der Waals surface area (Å²) in [5.41, 5.74) is 1.81. The van der Waals surface area contributed by atoms with E-state index in [2.05, 4.69) is 34.6 Å². The molecule has 1 heterocycles. The Labute approximate surface area is 167 Å². The molecule has 0 radical (unpaired) electrons. The van der Waals surface area contributed by atoms with E-state index in [0.29, 0.717) is 5.92 Å². The fourth-order valence-electron chi connectivity index (χ4n) is 2.56. The standard InChI is InChI=1S/C21H32FN5O/c1-4-23-21(24-12-5-15-28-16-17(2)3)25-13-10-19-11-14-27(26-19)20-8-6-18(22)7-9-20/h6-9,11,14,17H,4-5,10,12-13,15-16H2,1-3H3,(H2,23,24,25). The van der Waals surface area contributed by atoms with E-state index in [1.807, 2.05) is 19.2 Å². The molecule has 0 aliphatic carbocycles. The molecule has 0 unspecified atom stereocenters. The second-order valence-corrected chi connectivity index (χ2v) is 6.99. The predicted octanol–water partition coefficient (Wildman–Crippen LogP) is 3.17. The maximum absolute atomic E-state index is 13.0. The number of aliphatic imine (C=N–C) groups is 1. The number of halogens is 1. The third kappa shape index (κ3) is 8.08. The maximum Gasteiger partial charge on any atom is 0.191 e. The molecule has 0 atom stereocenters. The molecule has 0 bridgehead atoms. The molecule has 154 valence electrons. The van der Waals surface area contributed by atoms with Crippen molar-refractivity contribution in [3.05, 3.63) is 48.0 Å². The van der Waals surface area contributed by atoms with Crippen molar-refractivity contribution < 1.29 is 9.13 Å². The minimum absolute atomic E-state index is 0.248. The highest BCUT2D eigenvalue weighted by molar-refractivity contribution is 5.79. The molecule has 2 rings (SSSR count). The Morgan fingerprint density at radius 3 is 2.71 bits per heavy atom. The number of nitrogens with one attached hydrogen (secondary N) is 2. The lowest BCUT2D eigenvalue weighted by molar-refractivity contribution is 0.109. The van der Waals surface area contributed by atoms with Crippen LogP contribution in [0.1, 0.15) is 32.9 Å². The molecule has 0 aliphatic heterocycles. The molecule has 0 amide bonds. The molecular formula is C21H32FN5O. The van der Waals surface area contributed by atoms with Gasteiger partial charge in [-0.25, -0.2) is 9.07 Å². The van der Waals surface area contributed by atoms with E-state index in [1.54, 1.807) is 16.8 Å². The van der Waals surface area contributed by atoms with Gasteiger partial charge in [-0.15, -0.1) is 0 Å². The summed E-state index contributed by atoms with van der Waals surface area (Å²) < 4.78 is 20.4. The van der Waals surface area contributed by atoms with E-state index >= 15 is 0 Å². The van der Waals surface area contributed by atoms with Gasteiger partial charge in [0.2, 0.25) is 0 Å². The van der Waals surface area contributed by atoms with Gasteiger partial charge in [0.1, 0.15) is 5.82 Å². The van der Waals surface area contributed by atoms with Crippen molar-refractivity contribution in [2.75, 3.05) is 32.8 Å². The molecular weight excluding hydrogens is 357 g/mol. The number of hydrogen-bond donors (Lipinski definition) is 2. The van der Waals surface area contributed by atoms with Crippen LogP contribution in [-0.2, 0) is 11.2 Å². The van der Waals surface area contributed by atoms with Crippen LogP contribution in [0.3, 0.4) is 0 Å². The summed E-state index contributed by atoms with van der Waals surface area (Å²) in [4.78, 5) is 4.58. The highest BCUT2D eigenvalue weighted by Crippen LogP contribution is 2.09. The molecule has 0 saturated heterocycles. The van der Waals surface area contributed by atoms with E-state index in [-0.39, 0.29) is 5.82 Å². The lowest BCUT2D eigenvalue weighted by Gasteiger charge is -2.11. The first-order valence-electron chi connectivity index (χ1n) is 9.99. The number of rotatable bonds is 11. The average Bonchev–Trinajstić information content (AvgIpc) is 3.13. The van der Waals surface area contributed by atoms with Crippen molar-refractivity contribution in [2.45, 2.75) is 33.6 Å². The molecule has 0 saturated carbocycles. The minimum atomic E-state index is -0.248. The quantitative estimate of drug-likeness (QED) is 0.352. The largest absolute Gasteiger partial charge is 0.381 e. The van der Waals surface area contributed by atoms with Crippen LogP contribution in [0.4, 0.5) is 4.39 Å². The Balaban J connectivity index is 1.74. The summed E-state index contributed by atoms with van der Waals surface area (Å²) >= 11 is 0. The highest BCUT2D eigenvalue weighted by atomic mass is 19.1. The van der Waals surface area contributed by atoms with Gasteiger partial charge in [0, 0.05) is 45.5 Å². The van der Waals surface area contributed by atoms with Gasteiger partial charge in [0.25, 0.3) is 0 Å². The van der Waals surface area contributed by atoms with Crippen molar-refractivity contribution >= 4 is 5.96 Å². The zero-order valence-electron chi connectivity index (χ0n) is 17.1.